The Hall–Kier alpha value is -1.91. The Morgan fingerprint density at radius 2 is 1.50 bits per heavy atom. The first-order valence-electron chi connectivity index (χ1n) is 6.93. The van der Waals surface area contributed by atoms with Gasteiger partial charge in [-0.05, 0) is 17.7 Å². The van der Waals surface area contributed by atoms with Crippen LogP contribution in [0, 0.1) is 0 Å². The van der Waals surface area contributed by atoms with Gasteiger partial charge >= 0.3 is 0 Å². The first-order valence-corrected chi connectivity index (χ1v) is 6.93. The Labute approximate surface area is 137 Å². The van der Waals surface area contributed by atoms with E-state index < -0.39 is 0 Å². The Kier molecular flexibility index (Phi) is 8.18. The van der Waals surface area contributed by atoms with E-state index in [4.69, 9.17) is 14.2 Å². The number of methoxy groups -OCH3 is 2. The van der Waals surface area contributed by atoms with Crippen molar-refractivity contribution in [2.24, 2.45) is 0 Å². The number of ether oxygens (including phenoxy) is 3. The lowest BCUT2D eigenvalue weighted by Gasteiger charge is -2.14. The van der Waals surface area contributed by atoms with Crippen molar-refractivity contribution >= 4 is 12.4 Å². The second kappa shape index (κ2) is 9.92. The van der Waals surface area contributed by atoms with Crippen molar-refractivity contribution < 1.29 is 14.2 Å². The molecular formula is C17H22ClNO3. The summed E-state index contributed by atoms with van der Waals surface area (Å²) in [7, 11) is 3.24. The smallest absolute Gasteiger partial charge is 0.203 e. The Morgan fingerprint density at radius 1 is 0.864 bits per heavy atom. The molecule has 0 radical (unpaired) electrons. The molecule has 2 rings (SSSR count). The van der Waals surface area contributed by atoms with Crippen LogP contribution < -0.4 is 19.5 Å². The Morgan fingerprint density at radius 3 is 2.09 bits per heavy atom. The first kappa shape index (κ1) is 18.1. The summed E-state index contributed by atoms with van der Waals surface area (Å²) in [6, 6.07) is 15.9. The third-order valence-electron chi connectivity index (χ3n) is 3.08. The summed E-state index contributed by atoms with van der Waals surface area (Å²) in [5.74, 6) is 2.00. The van der Waals surface area contributed by atoms with Crippen LogP contribution in [0.5, 0.6) is 17.2 Å². The van der Waals surface area contributed by atoms with Gasteiger partial charge in [0.2, 0.25) is 5.75 Å². The molecule has 2 aromatic carbocycles. The molecule has 0 unspecified atom stereocenters. The highest BCUT2D eigenvalue weighted by Gasteiger charge is 2.10. The molecule has 0 fully saturated rings. The molecule has 0 bridgehead atoms. The number of hydrogen-bond acceptors (Lipinski definition) is 4. The van der Waals surface area contributed by atoms with E-state index in [1.54, 1.807) is 14.2 Å². The fourth-order valence-corrected chi connectivity index (χ4v) is 2.01. The lowest BCUT2D eigenvalue weighted by molar-refractivity contribution is 0.273. The predicted octanol–water partition coefficient (Wildman–Crippen LogP) is 3.29. The molecule has 22 heavy (non-hydrogen) atoms. The van der Waals surface area contributed by atoms with Gasteiger partial charge in [0.1, 0.15) is 6.61 Å². The van der Waals surface area contributed by atoms with Crippen LogP contribution >= 0.6 is 12.4 Å². The normalized spacial score (nSPS) is 9.73. The maximum Gasteiger partial charge on any atom is 0.203 e. The molecule has 0 aliphatic heterocycles. The van der Waals surface area contributed by atoms with E-state index in [2.05, 4.69) is 17.4 Å². The maximum absolute atomic E-state index is 5.78. The van der Waals surface area contributed by atoms with Crippen LogP contribution in [0.15, 0.2) is 48.5 Å². The number of nitrogens with one attached hydrogen (secondary N) is 1. The summed E-state index contributed by atoms with van der Waals surface area (Å²) < 4.78 is 16.4. The second-order valence-electron chi connectivity index (χ2n) is 4.50. The first-order chi connectivity index (χ1) is 10.3. The molecule has 0 aliphatic rings. The zero-order valence-electron chi connectivity index (χ0n) is 12.9. The van der Waals surface area contributed by atoms with E-state index in [1.165, 1.54) is 5.56 Å². The maximum atomic E-state index is 5.78. The molecule has 0 amide bonds. The van der Waals surface area contributed by atoms with Crippen molar-refractivity contribution in [2.75, 3.05) is 27.4 Å². The fourth-order valence-electron chi connectivity index (χ4n) is 2.01. The van der Waals surface area contributed by atoms with Gasteiger partial charge in [0, 0.05) is 13.1 Å². The van der Waals surface area contributed by atoms with Crippen LogP contribution in [0.25, 0.3) is 0 Å². The van der Waals surface area contributed by atoms with Crippen LogP contribution in [-0.2, 0) is 6.54 Å². The average molecular weight is 324 g/mol. The molecule has 0 saturated carbocycles. The minimum absolute atomic E-state index is 0. The average Bonchev–Trinajstić information content (AvgIpc) is 2.55. The highest BCUT2D eigenvalue weighted by molar-refractivity contribution is 5.85. The highest BCUT2D eigenvalue weighted by atomic mass is 35.5. The van der Waals surface area contributed by atoms with E-state index in [9.17, 15) is 0 Å². The van der Waals surface area contributed by atoms with E-state index in [-0.39, 0.29) is 12.4 Å². The standard InChI is InChI=1S/C17H21NO3.ClH/c1-19-15-9-6-10-16(20-2)17(15)21-12-11-18-13-14-7-4-3-5-8-14;/h3-10,18H,11-13H2,1-2H3;1H. The Balaban J connectivity index is 0.00000242. The molecule has 0 heterocycles. The van der Waals surface area contributed by atoms with Crippen molar-refractivity contribution in [3.63, 3.8) is 0 Å². The summed E-state index contributed by atoms with van der Waals surface area (Å²) in [5, 5.41) is 3.34. The quantitative estimate of drug-likeness (QED) is 0.757. The zero-order chi connectivity index (χ0) is 14.9. The molecule has 0 aromatic heterocycles. The van der Waals surface area contributed by atoms with Crippen molar-refractivity contribution in [3.05, 3.63) is 54.1 Å². The highest BCUT2D eigenvalue weighted by Crippen LogP contribution is 2.36. The molecule has 0 spiro atoms. The van der Waals surface area contributed by atoms with E-state index >= 15 is 0 Å². The van der Waals surface area contributed by atoms with Gasteiger partial charge in [0.15, 0.2) is 11.5 Å². The predicted molar refractivity (Wildman–Crippen MR) is 90.4 cm³/mol. The van der Waals surface area contributed by atoms with Crippen LogP contribution in [0.2, 0.25) is 0 Å². The molecule has 2 aromatic rings. The molecule has 0 atom stereocenters. The van der Waals surface area contributed by atoms with Crippen molar-refractivity contribution in [3.8, 4) is 17.2 Å². The summed E-state index contributed by atoms with van der Waals surface area (Å²) in [6.45, 7) is 2.12. The minimum Gasteiger partial charge on any atom is -0.493 e. The lowest BCUT2D eigenvalue weighted by Crippen LogP contribution is -2.20. The van der Waals surface area contributed by atoms with Crippen molar-refractivity contribution in [1.29, 1.82) is 0 Å². The van der Waals surface area contributed by atoms with Crippen molar-refractivity contribution in [2.45, 2.75) is 6.54 Å². The van der Waals surface area contributed by atoms with Crippen LogP contribution in [-0.4, -0.2) is 27.4 Å². The largest absolute Gasteiger partial charge is 0.493 e. The zero-order valence-corrected chi connectivity index (χ0v) is 13.7. The molecular weight excluding hydrogens is 302 g/mol. The molecule has 4 nitrogen and oxygen atoms in total. The van der Waals surface area contributed by atoms with E-state index in [1.807, 2.05) is 36.4 Å². The number of halogens is 1. The van der Waals surface area contributed by atoms with E-state index in [0.717, 1.165) is 13.1 Å². The SMILES string of the molecule is COc1cccc(OC)c1OCCNCc1ccccc1.Cl. The minimum atomic E-state index is 0. The topological polar surface area (TPSA) is 39.7 Å². The van der Waals surface area contributed by atoms with Gasteiger partial charge in [-0.25, -0.2) is 0 Å². The van der Waals surface area contributed by atoms with E-state index in [0.29, 0.717) is 23.9 Å². The van der Waals surface area contributed by atoms with Crippen LogP contribution in [0.3, 0.4) is 0 Å². The Bertz CT molecular complexity index is 527. The summed E-state index contributed by atoms with van der Waals surface area (Å²) >= 11 is 0. The summed E-state index contributed by atoms with van der Waals surface area (Å²) in [4.78, 5) is 0. The van der Waals surface area contributed by atoms with Gasteiger partial charge < -0.3 is 19.5 Å². The number of benzene rings is 2. The van der Waals surface area contributed by atoms with Gasteiger partial charge in [-0.3, -0.25) is 0 Å². The second-order valence-corrected chi connectivity index (χ2v) is 4.50. The molecule has 0 saturated heterocycles. The summed E-state index contributed by atoms with van der Waals surface area (Å²) in [6.07, 6.45) is 0. The molecule has 120 valence electrons. The van der Waals surface area contributed by atoms with Gasteiger partial charge in [-0.1, -0.05) is 36.4 Å². The summed E-state index contributed by atoms with van der Waals surface area (Å²) in [5.41, 5.74) is 1.26. The number of para-hydroxylation sites is 1. The third-order valence-corrected chi connectivity index (χ3v) is 3.08. The van der Waals surface area contributed by atoms with Crippen LogP contribution in [0.1, 0.15) is 5.56 Å². The molecule has 1 N–H and O–H groups in total. The fraction of sp³-hybridized carbons (Fsp3) is 0.294. The van der Waals surface area contributed by atoms with Gasteiger partial charge in [-0.15, -0.1) is 12.4 Å². The van der Waals surface area contributed by atoms with Crippen LogP contribution in [0.4, 0.5) is 0 Å². The van der Waals surface area contributed by atoms with Gasteiger partial charge in [0.25, 0.3) is 0 Å². The third kappa shape index (κ3) is 5.13. The van der Waals surface area contributed by atoms with Gasteiger partial charge in [0.05, 0.1) is 14.2 Å². The molecule has 0 aliphatic carbocycles. The molecule has 5 heteroatoms. The van der Waals surface area contributed by atoms with Gasteiger partial charge in [-0.2, -0.15) is 0 Å². The number of rotatable bonds is 8. The van der Waals surface area contributed by atoms with Crippen molar-refractivity contribution in [1.82, 2.24) is 5.32 Å². The monoisotopic (exact) mass is 323 g/mol. The lowest BCUT2D eigenvalue weighted by atomic mass is 10.2. The number of hydrogen-bond donors (Lipinski definition) is 1.